The molecular weight excluding hydrogens is 322 g/mol. The van der Waals surface area contributed by atoms with Crippen LogP contribution in [0.2, 0.25) is 0 Å². The smallest absolute Gasteiger partial charge is 0.230 e. The fourth-order valence-corrected chi connectivity index (χ4v) is 2.84. The van der Waals surface area contributed by atoms with Crippen LogP contribution in [0.15, 0.2) is 28.7 Å². The second-order valence-corrected chi connectivity index (χ2v) is 6.28. The Morgan fingerprint density at radius 1 is 1.30 bits per heavy atom. The van der Waals surface area contributed by atoms with Crippen LogP contribution in [-0.4, -0.2) is 38.4 Å². The number of amides is 1. The molecule has 108 valence electrons. The molecule has 1 heterocycles. The van der Waals surface area contributed by atoms with Crippen molar-refractivity contribution in [2.24, 2.45) is 0 Å². The number of rotatable bonds is 4. The lowest BCUT2D eigenvalue weighted by Crippen LogP contribution is -2.43. The second kappa shape index (κ2) is 5.84. The number of carbonyl (C=O) groups excluding carboxylic acids is 1. The van der Waals surface area contributed by atoms with Gasteiger partial charge in [0, 0.05) is 11.0 Å². The van der Waals surface area contributed by atoms with E-state index in [1.54, 1.807) is 0 Å². The summed E-state index contributed by atoms with van der Waals surface area (Å²) in [6.45, 7) is 2.34. The third-order valence-electron chi connectivity index (χ3n) is 3.96. The van der Waals surface area contributed by atoms with E-state index in [0.29, 0.717) is 26.4 Å². The topological polar surface area (TPSA) is 47.6 Å². The Hall–Kier alpha value is -0.910. The summed E-state index contributed by atoms with van der Waals surface area (Å²) in [5, 5.41) is 3.01. The minimum atomic E-state index is -0.323. The Labute approximate surface area is 127 Å². The van der Waals surface area contributed by atoms with Gasteiger partial charge in [0.15, 0.2) is 0 Å². The number of hydrogen-bond acceptors (Lipinski definition) is 3. The van der Waals surface area contributed by atoms with Crippen molar-refractivity contribution < 1.29 is 14.3 Å². The number of halogens is 1. The fourth-order valence-electron chi connectivity index (χ4n) is 2.57. The van der Waals surface area contributed by atoms with Gasteiger partial charge in [-0.25, -0.2) is 0 Å². The summed E-state index contributed by atoms with van der Waals surface area (Å²) < 4.78 is 11.9. The molecule has 4 nitrogen and oxygen atoms in total. The van der Waals surface area contributed by atoms with Crippen LogP contribution in [0.25, 0.3) is 0 Å². The lowest BCUT2D eigenvalue weighted by atomic mass is 9.95. The van der Waals surface area contributed by atoms with E-state index < -0.39 is 0 Å². The summed E-state index contributed by atoms with van der Waals surface area (Å²) in [6, 6.07) is 8.02. The van der Waals surface area contributed by atoms with E-state index in [9.17, 15) is 4.79 Å². The molecule has 1 aliphatic heterocycles. The fraction of sp³-hybridized carbons (Fsp3) is 0.533. The van der Waals surface area contributed by atoms with Crippen molar-refractivity contribution in [1.29, 1.82) is 0 Å². The van der Waals surface area contributed by atoms with Gasteiger partial charge in [-0.1, -0.05) is 28.1 Å². The average molecular weight is 340 g/mol. The lowest BCUT2D eigenvalue weighted by Gasteiger charge is -2.24. The van der Waals surface area contributed by atoms with Gasteiger partial charge in [0.25, 0.3) is 0 Å². The van der Waals surface area contributed by atoms with Crippen LogP contribution in [0, 0.1) is 0 Å². The zero-order valence-corrected chi connectivity index (χ0v) is 12.8. The number of nitrogens with one attached hydrogen (secondary N) is 1. The van der Waals surface area contributed by atoms with Gasteiger partial charge in [-0.15, -0.1) is 0 Å². The number of benzene rings is 1. The molecule has 2 aliphatic rings. The quantitative estimate of drug-likeness (QED) is 0.912. The molecule has 2 fully saturated rings. The Balaban J connectivity index is 1.60. The zero-order valence-electron chi connectivity index (χ0n) is 11.2. The Kier molecular flexibility index (Phi) is 4.10. The van der Waals surface area contributed by atoms with Crippen molar-refractivity contribution in [2.75, 3.05) is 26.4 Å². The lowest BCUT2D eigenvalue weighted by molar-refractivity contribution is -0.126. The molecule has 0 radical (unpaired) electrons. The molecule has 5 heteroatoms. The summed E-state index contributed by atoms with van der Waals surface area (Å²) in [5.74, 6) is 0.106. The summed E-state index contributed by atoms with van der Waals surface area (Å²) >= 11 is 3.42. The van der Waals surface area contributed by atoms with Crippen molar-refractivity contribution in [1.82, 2.24) is 5.32 Å². The van der Waals surface area contributed by atoms with Crippen LogP contribution >= 0.6 is 15.9 Å². The second-order valence-electron chi connectivity index (χ2n) is 5.37. The van der Waals surface area contributed by atoms with E-state index >= 15 is 0 Å². The van der Waals surface area contributed by atoms with Crippen LogP contribution in [0.5, 0.6) is 0 Å². The maximum atomic E-state index is 12.4. The third-order valence-corrected chi connectivity index (χ3v) is 4.49. The van der Waals surface area contributed by atoms with Gasteiger partial charge in [0.2, 0.25) is 5.91 Å². The normalized spacial score (nSPS) is 24.1. The van der Waals surface area contributed by atoms with E-state index in [0.717, 1.165) is 22.9 Å². The van der Waals surface area contributed by atoms with Gasteiger partial charge in [-0.05, 0) is 30.5 Å². The van der Waals surface area contributed by atoms with Gasteiger partial charge >= 0.3 is 0 Å². The van der Waals surface area contributed by atoms with Crippen molar-refractivity contribution in [3.05, 3.63) is 34.3 Å². The first-order valence-electron chi connectivity index (χ1n) is 6.94. The molecule has 1 aliphatic carbocycles. The number of ether oxygens (including phenoxy) is 2. The average Bonchev–Trinajstić information content (AvgIpc) is 3.28. The molecule has 0 unspecified atom stereocenters. The molecule has 1 amide bonds. The monoisotopic (exact) mass is 339 g/mol. The van der Waals surface area contributed by atoms with Crippen molar-refractivity contribution in [3.63, 3.8) is 0 Å². The van der Waals surface area contributed by atoms with Crippen molar-refractivity contribution in [3.8, 4) is 0 Å². The Morgan fingerprint density at radius 3 is 2.65 bits per heavy atom. The molecular formula is C15H18BrNO3. The molecule has 1 saturated carbocycles. The van der Waals surface area contributed by atoms with Gasteiger partial charge in [-0.2, -0.15) is 0 Å². The first-order valence-corrected chi connectivity index (χ1v) is 7.74. The molecule has 0 spiro atoms. The Morgan fingerprint density at radius 2 is 2.05 bits per heavy atom. The molecule has 1 saturated heterocycles. The van der Waals surface area contributed by atoms with Crippen LogP contribution < -0.4 is 5.32 Å². The van der Waals surface area contributed by atoms with Crippen LogP contribution in [0.1, 0.15) is 18.4 Å². The molecule has 3 rings (SSSR count). The SMILES string of the molecule is O=C(NC[C@H]1COCCO1)C1(c2ccc(Br)cc2)CC1. The maximum Gasteiger partial charge on any atom is 0.230 e. The molecule has 1 N–H and O–H groups in total. The zero-order chi connectivity index (χ0) is 14.0. The molecule has 0 aromatic heterocycles. The van der Waals surface area contributed by atoms with Gasteiger partial charge in [0.05, 0.1) is 31.3 Å². The van der Waals surface area contributed by atoms with E-state index in [1.165, 1.54) is 0 Å². The number of carbonyl (C=O) groups is 1. The van der Waals surface area contributed by atoms with E-state index in [4.69, 9.17) is 9.47 Å². The third kappa shape index (κ3) is 2.90. The van der Waals surface area contributed by atoms with Crippen LogP contribution in [-0.2, 0) is 19.7 Å². The maximum absolute atomic E-state index is 12.4. The van der Waals surface area contributed by atoms with Crippen LogP contribution in [0.3, 0.4) is 0 Å². The highest BCUT2D eigenvalue weighted by atomic mass is 79.9. The predicted molar refractivity (Wildman–Crippen MR) is 78.6 cm³/mol. The van der Waals surface area contributed by atoms with Crippen molar-refractivity contribution >= 4 is 21.8 Å². The van der Waals surface area contributed by atoms with Crippen LogP contribution in [0.4, 0.5) is 0 Å². The first kappa shape index (κ1) is 14.0. The summed E-state index contributed by atoms with van der Waals surface area (Å²) in [4.78, 5) is 12.4. The first-order chi connectivity index (χ1) is 9.71. The minimum Gasteiger partial charge on any atom is -0.376 e. The molecule has 1 aromatic rings. The highest BCUT2D eigenvalue weighted by Gasteiger charge is 2.51. The highest BCUT2D eigenvalue weighted by Crippen LogP contribution is 2.48. The largest absolute Gasteiger partial charge is 0.376 e. The van der Waals surface area contributed by atoms with Gasteiger partial charge < -0.3 is 14.8 Å². The molecule has 1 aromatic carbocycles. The summed E-state index contributed by atoms with van der Waals surface area (Å²) in [6.07, 6.45) is 1.82. The number of hydrogen-bond donors (Lipinski definition) is 1. The van der Waals surface area contributed by atoms with Crippen molar-refractivity contribution in [2.45, 2.75) is 24.4 Å². The highest BCUT2D eigenvalue weighted by molar-refractivity contribution is 9.10. The molecule has 20 heavy (non-hydrogen) atoms. The van der Waals surface area contributed by atoms with E-state index in [2.05, 4.69) is 21.2 Å². The minimum absolute atomic E-state index is 0.0200. The predicted octanol–water partition coefficient (Wildman–Crippen LogP) is 2.01. The molecule has 0 bridgehead atoms. The van der Waals surface area contributed by atoms with Gasteiger partial charge in [0.1, 0.15) is 0 Å². The molecule has 1 atom stereocenters. The summed E-state index contributed by atoms with van der Waals surface area (Å²) in [5.41, 5.74) is 0.773. The van der Waals surface area contributed by atoms with E-state index in [1.807, 2.05) is 24.3 Å². The standard InChI is InChI=1S/C15H18BrNO3/c16-12-3-1-11(2-4-12)15(5-6-15)14(18)17-9-13-10-19-7-8-20-13/h1-4,13H,5-10H2,(H,17,18)/t13-/m0/s1. The summed E-state index contributed by atoms with van der Waals surface area (Å²) in [7, 11) is 0. The Bertz CT molecular complexity index is 478. The van der Waals surface area contributed by atoms with Gasteiger partial charge in [-0.3, -0.25) is 4.79 Å². The van der Waals surface area contributed by atoms with E-state index in [-0.39, 0.29) is 17.4 Å².